The van der Waals surface area contributed by atoms with Crippen molar-refractivity contribution in [2.24, 2.45) is 0 Å². The Bertz CT molecular complexity index is 970. The number of carbonyl (C=O) groups is 1. The van der Waals surface area contributed by atoms with Crippen molar-refractivity contribution >= 4 is 29.1 Å². The molecule has 0 N–H and O–H groups in total. The zero-order valence-electron chi connectivity index (χ0n) is 14.6. The Morgan fingerprint density at radius 1 is 1.20 bits per heavy atom. The lowest BCUT2D eigenvalue weighted by molar-refractivity contribution is -0.118. The van der Waals surface area contributed by atoms with Gasteiger partial charge in [0.1, 0.15) is 0 Å². The summed E-state index contributed by atoms with van der Waals surface area (Å²) in [6.45, 7) is 5.70. The highest BCUT2D eigenvalue weighted by atomic mass is 16.1. The number of allylic oxidation sites excluding steroid dienone is 1. The molecule has 0 bridgehead atoms. The van der Waals surface area contributed by atoms with Crippen LogP contribution in [0.25, 0.3) is 22.7 Å². The van der Waals surface area contributed by atoms with Crippen LogP contribution in [0.1, 0.15) is 29.3 Å². The molecule has 1 aromatic carbocycles. The molecule has 0 aliphatic carbocycles. The quantitative estimate of drug-likeness (QED) is 0.683. The van der Waals surface area contributed by atoms with Crippen LogP contribution in [-0.4, -0.2) is 27.4 Å². The molecule has 4 heteroatoms. The van der Waals surface area contributed by atoms with Crippen LogP contribution < -0.4 is 0 Å². The molecule has 1 amide bonds. The highest BCUT2D eigenvalue weighted by Crippen LogP contribution is 2.32. The van der Waals surface area contributed by atoms with Gasteiger partial charge in [-0.15, -0.1) is 0 Å². The van der Waals surface area contributed by atoms with Crippen molar-refractivity contribution in [3.8, 4) is 0 Å². The van der Waals surface area contributed by atoms with E-state index in [0.29, 0.717) is 6.54 Å². The fourth-order valence-corrected chi connectivity index (χ4v) is 3.65. The maximum atomic E-state index is 11.2. The molecule has 0 saturated carbocycles. The van der Waals surface area contributed by atoms with Crippen LogP contribution >= 0.6 is 0 Å². The summed E-state index contributed by atoms with van der Waals surface area (Å²) in [6.07, 6.45) is 7.69. The first kappa shape index (κ1) is 15.6. The van der Waals surface area contributed by atoms with Crippen LogP contribution in [0, 0.1) is 6.92 Å². The molecule has 4 rings (SSSR count). The number of rotatable bonds is 3. The molecule has 3 heterocycles. The molecular formula is C21H21N3O. The second-order valence-corrected chi connectivity index (χ2v) is 6.69. The summed E-state index contributed by atoms with van der Waals surface area (Å²) in [4.78, 5) is 17.2. The highest BCUT2D eigenvalue weighted by molar-refractivity contribution is 5.90. The number of fused-ring (bicyclic) bond motifs is 3. The Morgan fingerprint density at radius 3 is 2.76 bits per heavy atom. The number of aryl methyl sites for hydroxylation is 1. The van der Waals surface area contributed by atoms with E-state index < -0.39 is 0 Å². The van der Waals surface area contributed by atoms with Crippen molar-refractivity contribution in [3.63, 3.8) is 0 Å². The first-order valence-electron chi connectivity index (χ1n) is 8.58. The summed E-state index contributed by atoms with van der Waals surface area (Å²) in [6, 6.07) is 10.6. The van der Waals surface area contributed by atoms with Crippen molar-refractivity contribution in [1.82, 2.24) is 14.5 Å². The van der Waals surface area contributed by atoms with Gasteiger partial charge in [0.15, 0.2) is 0 Å². The Balaban J connectivity index is 1.91. The Morgan fingerprint density at radius 2 is 2.00 bits per heavy atom. The number of hydrogen-bond acceptors (Lipinski definition) is 2. The van der Waals surface area contributed by atoms with Crippen molar-refractivity contribution in [2.45, 2.75) is 26.8 Å². The van der Waals surface area contributed by atoms with E-state index in [1.807, 2.05) is 29.4 Å². The molecule has 0 radical (unpaired) electrons. The summed E-state index contributed by atoms with van der Waals surface area (Å²) >= 11 is 0. The summed E-state index contributed by atoms with van der Waals surface area (Å²) in [5.74, 6) is 0. The van der Waals surface area contributed by atoms with Gasteiger partial charge in [-0.05, 0) is 49.2 Å². The van der Waals surface area contributed by atoms with Gasteiger partial charge in [-0.25, -0.2) is 0 Å². The number of benzene rings is 1. The summed E-state index contributed by atoms with van der Waals surface area (Å²) < 4.78 is 2.31. The minimum absolute atomic E-state index is 0.688. The van der Waals surface area contributed by atoms with Gasteiger partial charge in [0.2, 0.25) is 6.41 Å². The Kier molecular flexibility index (Phi) is 3.88. The molecule has 126 valence electrons. The smallest absolute Gasteiger partial charge is 0.210 e. The van der Waals surface area contributed by atoms with Gasteiger partial charge in [0, 0.05) is 54.7 Å². The van der Waals surface area contributed by atoms with E-state index in [-0.39, 0.29) is 0 Å². The maximum absolute atomic E-state index is 11.2. The average Bonchev–Trinajstić information content (AvgIpc) is 2.95. The van der Waals surface area contributed by atoms with Gasteiger partial charge >= 0.3 is 0 Å². The van der Waals surface area contributed by atoms with E-state index in [9.17, 15) is 4.79 Å². The van der Waals surface area contributed by atoms with Crippen LogP contribution in [0.3, 0.4) is 0 Å². The predicted molar refractivity (Wildman–Crippen MR) is 101 cm³/mol. The Hall–Kier alpha value is -2.88. The fourth-order valence-electron chi connectivity index (χ4n) is 3.65. The van der Waals surface area contributed by atoms with Gasteiger partial charge in [0.05, 0.1) is 5.52 Å². The van der Waals surface area contributed by atoms with E-state index in [2.05, 4.69) is 47.8 Å². The topological polar surface area (TPSA) is 38.1 Å². The van der Waals surface area contributed by atoms with Crippen molar-refractivity contribution in [1.29, 1.82) is 0 Å². The van der Waals surface area contributed by atoms with Gasteiger partial charge in [0.25, 0.3) is 0 Å². The number of amides is 1. The predicted octanol–water partition coefficient (Wildman–Crippen LogP) is 3.88. The van der Waals surface area contributed by atoms with Gasteiger partial charge < -0.3 is 9.47 Å². The number of nitrogens with zero attached hydrogens (tertiary/aromatic N) is 3. The molecular weight excluding hydrogens is 310 g/mol. The van der Waals surface area contributed by atoms with Crippen molar-refractivity contribution in [2.75, 3.05) is 6.54 Å². The highest BCUT2D eigenvalue weighted by Gasteiger charge is 2.22. The molecule has 1 aliphatic rings. The van der Waals surface area contributed by atoms with E-state index in [1.54, 1.807) is 0 Å². The molecule has 25 heavy (non-hydrogen) atoms. The summed E-state index contributed by atoms with van der Waals surface area (Å²) in [7, 11) is 0. The zero-order chi connectivity index (χ0) is 17.4. The standard InChI is InChI=1S/C21H21N3O/c1-15-3-4-20-18(11-15)19-13-23(14-25)10-7-21(19)24(20)12-16(2)17-5-8-22-9-6-17/h3-6,8-9,11-12,14H,7,10,13H2,1-2H3. The summed E-state index contributed by atoms with van der Waals surface area (Å²) in [5.41, 5.74) is 7.40. The van der Waals surface area contributed by atoms with Crippen molar-refractivity contribution in [3.05, 3.63) is 65.1 Å². The molecule has 1 aliphatic heterocycles. The Labute approximate surface area is 147 Å². The zero-order valence-corrected chi connectivity index (χ0v) is 14.6. The van der Waals surface area contributed by atoms with Gasteiger partial charge in [-0.3, -0.25) is 9.78 Å². The lowest BCUT2D eigenvalue weighted by Crippen LogP contribution is -2.29. The van der Waals surface area contributed by atoms with Crippen molar-refractivity contribution < 1.29 is 4.79 Å². The van der Waals surface area contributed by atoms with Crippen LogP contribution in [0.5, 0.6) is 0 Å². The fraction of sp³-hybridized carbons (Fsp3) is 0.238. The second-order valence-electron chi connectivity index (χ2n) is 6.69. The minimum Gasteiger partial charge on any atom is -0.340 e. The van der Waals surface area contributed by atoms with Gasteiger partial charge in [-0.2, -0.15) is 0 Å². The van der Waals surface area contributed by atoms with Gasteiger partial charge in [-0.1, -0.05) is 11.6 Å². The third kappa shape index (κ3) is 2.74. The molecule has 0 fully saturated rings. The number of pyridine rings is 1. The number of aromatic nitrogens is 2. The minimum atomic E-state index is 0.688. The van der Waals surface area contributed by atoms with E-state index >= 15 is 0 Å². The lowest BCUT2D eigenvalue weighted by atomic mass is 10.0. The first-order chi connectivity index (χ1) is 12.2. The number of hydrogen-bond donors (Lipinski definition) is 0. The monoisotopic (exact) mass is 331 g/mol. The SMILES string of the molecule is CC(=Cn1c2c(c3cc(C)ccc31)CN(C=O)CC2)c1ccncc1. The van der Waals surface area contributed by atoms with Crippen LogP contribution in [0.4, 0.5) is 0 Å². The number of carbonyl (C=O) groups excluding carboxylic acids is 1. The normalized spacial score (nSPS) is 14.6. The maximum Gasteiger partial charge on any atom is 0.210 e. The molecule has 0 spiro atoms. The van der Waals surface area contributed by atoms with Crippen LogP contribution in [-0.2, 0) is 17.8 Å². The lowest BCUT2D eigenvalue weighted by Gasteiger charge is -2.24. The van der Waals surface area contributed by atoms with E-state index in [0.717, 1.165) is 19.4 Å². The van der Waals surface area contributed by atoms with Crippen LogP contribution in [0.2, 0.25) is 0 Å². The molecule has 0 atom stereocenters. The van der Waals surface area contributed by atoms with E-state index in [4.69, 9.17) is 0 Å². The molecule has 0 saturated heterocycles. The largest absolute Gasteiger partial charge is 0.340 e. The second kappa shape index (κ2) is 6.20. The molecule has 3 aromatic rings. The molecule has 2 aromatic heterocycles. The molecule has 0 unspecified atom stereocenters. The third-order valence-corrected chi connectivity index (χ3v) is 4.98. The summed E-state index contributed by atoms with van der Waals surface area (Å²) in [5, 5.41) is 1.25. The van der Waals surface area contributed by atoms with Crippen LogP contribution in [0.15, 0.2) is 42.7 Å². The molecule has 4 nitrogen and oxygen atoms in total. The first-order valence-corrected chi connectivity index (χ1v) is 8.58. The third-order valence-electron chi connectivity index (χ3n) is 4.98. The average molecular weight is 331 g/mol. The van der Waals surface area contributed by atoms with E-state index in [1.165, 1.54) is 38.9 Å².